The van der Waals surface area contributed by atoms with Crippen LogP contribution < -0.4 is 5.73 Å². The molecule has 0 amide bonds. The molecule has 0 rings (SSSR count). The summed E-state index contributed by atoms with van der Waals surface area (Å²) >= 11 is 0. The van der Waals surface area contributed by atoms with Crippen molar-refractivity contribution >= 4 is 19.8 Å². The van der Waals surface area contributed by atoms with Gasteiger partial charge in [-0.05, 0) is 51.4 Å². The fourth-order valence-electron chi connectivity index (χ4n) is 8.98. The minimum absolute atomic E-state index is 0.0544. The number of phosphoric ester groups is 1. The number of hydrogen-bond donors (Lipinski definition) is 2. The molecule has 0 aromatic heterocycles. The fraction of sp³-hybridized carbons (Fsp3) is 0.839. The van der Waals surface area contributed by atoms with Gasteiger partial charge in [-0.15, -0.1) is 0 Å². The van der Waals surface area contributed by atoms with E-state index in [9.17, 15) is 19.0 Å². The minimum Gasteiger partial charge on any atom is -0.462 e. The third-order valence-corrected chi connectivity index (χ3v) is 14.5. The van der Waals surface area contributed by atoms with Crippen molar-refractivity contribution in [3.63, 3.8) is 0 Å². The molecular formula is C62H116NO8P. The summed E-state index contributed by atoms with van der Waals surface area (Å²) in [5.41, 5.74) is 5.39. The van der Waals surface area contributed by atoms with Gasteiger partial charge in [0.2, 0.25) is 0 Å². The van der Waals surface area contributed by atoms with E-state index in [0.29, 0.717) is 6.42 Å². The number of hydrogen-bond acceptors (Lipinski definition) is 8. The molecule has 9 nitrogen and oxygen atoms in total. The normalized spacial score (nSPS) is 13.3. The van der Waals surface area contributed by atoms with Crippen LogP contribution in [0, 0.1) is 0 Å². The Labute approximate surface area is 445 Å². The quantitative estimate of drug-likeness (QED) is 0.0264. The van der Waals surface area contributed by atoms with Crippen molar-refractivity contribution in [2.75, 3.05) is 26.4 Å². The van der Waals surface area contributed by atoms with Crippen LogP contribution in [-0.4, -0.2) is 49.3 Å². The van der Waals surface area contributed by atoms with Crippen LogP contribution in [0.2, 0.25) is 0 Å². The van der Waals surface area contributed by atoms with Gasteiger partial charge in [-0.2, -0.15) is 0 Å². The molecule has 0 radical (unpaired) electrons. The first-order chi connectivity index (χ1) is 35.3. The second-order valence-corrected chi connectivity index (χ2v) is 22.0. The maximum atomic E-state index is 12.7. The van der Waals surface area contributed by atoms with Gasteiger partial charge in [-0.3, -0.25) is 18.6 Å². The topological polar surface area (TPSA) is 134 Å². The Morgan fingerprint density at radius 3 is 1.14 bits per heavy atom. The third kappa shape index (κ3) is 57.3. The second kappa shape index (κ2) is 58.2. The Balaban J connectivity index is 3.91. The van der Waals surface area contributed by atoms with Crippen LogP contribution in [-0.2, 0) is 32.7 Å². The Kier molecular flexibility index (Phi) is 56.6. The van der Waals surface area contributed by atoms with E-state index in [4.69, 9.17) is 24.3 Å². The number of ether oxygens (including phenoxy) is 2. The van der Waals surface area contributed by atoms with E-state index in [0.717, 1.165) is 64.2 Å². The monoisotopic (exact) mass is 1030 g/mol. The first kappa shape index (κ1) is 70.0. The summed E-state index contributed by atoms with van der Waals surface area (Å²) in [5.74, 6) is -0.813. The van der Waals surface area contributed by atoms with Gasteiger partial charge in [0.05, 0.1) is 13.2 Å². The first-order valence-electron chi connectivity index (χ1n) is 30.6. The number of allylic oxidation sites excluding steroid dienone is 8. The molecule has 10 heteroatoms. The SMILES string of the molecule is CC/C=C\C/C=C\C/C=C\C/C=C\CCCCCCCCCCCCCCCCC(=O)OC(COC(=O)CCCCCCCCCCCCCCCCCCCCCCCCCC)COP(=O)(O)OCCN. The average Bonchev–Trinajstić information content (AvgIpc) is 3.37. The summed E-state index contributed by atoms with van der Waals surface area (Å²) in [7, 11) is -4.39. The van der Waals surface area contributed by atoms with Crippen molar-refractivity contribution in [2.24, 2.45) is 5.73 Å². The number of esters is 2. The van der Waals surface area contributed by atoms with Gasteiger partial charge >= 0.3 is 19.8 Å². The van der Waals surface area contributed by atoms with Crippen molar-refractivity contribution in [1.82, 2.24) is 0 Å². The van der Waals surface area contributed by atoms with E-state index in [2.05, 4.69) is 62.5 Å². The second-order valence-electron chi connectivity index (χ2n) is 20.6. The third-order valence-electron chi connectivity index (χ3n) is 13.5. The summed E-state index contributed by atoms with van der Waals surface area (Å²) in [5, 5.41) is 0. The van der Waals surface area contributed by atoms with E-state index < -0.39 is 26.5 Å². The minimum atomic E-state index is -4.39. The zero-order valence-corrected chi connectivity index (χ0v) is 48.1. The van der Waals surface area contributed by atoms with Gasteiger partial charge in [0.25, 0.3) is 0 Å². The first-order valence-corrected chi connectivity index (χ1v) is 32.1. The molecule has 0 heterocycles. The lowest BCUT2D eigenvalue weighted by Gasteiger charge is -2.19. The highest BCUT2D eigenvalue weighted by Gasteiger charge is 2.26. The number of carbonyl (C=O) groups excluding carboxylic acids is 2. The Hall–Kier alpha value is -2.03. The molecule has 0 aliphatic carbocycles. The van der Waals surface area contributed by atoms with Crippen LogP contribution in [0.15, 0.2) is 48.6 Å². The van der Waals surface area contributed by atoms with E-state index in [1.54, 1.807) is 0 Å². The van der Waals surface area contributed by atoms with Crippen LogP contribution >= 0.6 is 7.82 Å². The maximum Gasteiger partial charge on any atom is 0.472 e. The molecule has 0 aromatic carbocycles. The van der Waals surface area contributed by atoms with E-state index in [1.165, 1.54) is 205 Å². The molecule has 3 N–H and O–H groups in total. The van der Waals surface area contributed by atoms with Gasteiger partial charge in [-0.1, -0.05) is 287 Å². The zero-order valence-electron chi connectivity index (χ0n) is 47.2. The average molecular weight is 1030 g/mol. The van der Waals surface area contributed by atoms with Crippen LogP contribution in [0.4, 0.5) is 0 Å². The molecule has 0 saturated heterocycles. The summed E-state index contributed by atoms with van der Waals surface area (Å²) in [6.07, 6.45) is 71.8. The lowest BCUT2D eigenvalue weighted by atomic mass is 10.0. The summed E-state index contributed by atoms with van der Waals surface area (Å²) in [6, 6.07) is 0. The number of unbranched alkanes of at least 4 members (excludes halogenated alkanes) is 37. The predicted molar refractivity (Wildman–Crippen MR) is 307 cm³/mol. The predicted octanol–water partition coefficient (Wildman–Crippen LogP) is 19.4. The van der Waals surface area contributed by atoms with Crippen LogP contribution in [0.1, 0.15) is 303 Å². The molecule has 0 aliphatic rings. The standard InChI is InChI=1S/C62H116NO8P/c1-3-5-7-9-11-13-15-17-19-21-23-25-27-29-30-31-33-35-37-39-41-43-45-47-49-51-53-55-62(65)71-60(59-70-72(66,67)69-57-56-63)58-68-61(64)54-52-50-48-46-44-42-40-38-36-34-32-28-26-24-22-20-18-16-14-12-10-8-6-4-2/h5,7,11,13,17,19,23,25,60H,3-4,6,8-10,12,14-16,18,20-22,24,26-59,63H2,1-2H3,(H,66,67)/b7-5-,13-11-,19-17-,25-23-. The van der Waals surface area contributed by atoms with Crippen LogP contribution in [0.3, 0.4) is 0 Å². The van der Waals surface area contributed by atoms with Gasteiger partial charge in [0, 0.05) is 19.4 Å². The molecule has 422 valence electrons. The highest BCUT2D eigenvalue weighted by atomic mass is 31.2. The Morgan fingerprint density at radius 2 is 0.764 bits per heavy atom. The molecule has 0 bridgehead atoms. The van der Waals surface area contributed by atoms with Crippen molar-refractivity contribution in [3.05, 3.63) is 48.6 Å². The van der Waals surface area contributed by atoms with Crippen molar-refractivity contribution in [2.45, 2.75) is 309 Å². The van der Waals surface area contributed by atoms with Gasteiger partial charge in [-0.25, -0.2) is 4.57 Å². The molecular weight excluding hydrogens is 918 g/mol. The van der Waals surface area contributed by atoms with Crippen molar-refractivity contribution in [1.29, 1.82) is 0 Å². The molecule has 72 heavy (non-hydrogen) atoms. The lowest BCUT2D eigenvalue weighted by molar-refractivity contribution is -0.161. The lowest BCUT2D eigenvalue weighted by Crippen LogP contribution is -2.29. The number of phosphoric acid groups is 1. The fourth-order valence-corrected chi connectivity index (χ4v) is 9.75. The number of nitrogens with two attached hydrogens (primary N) is 1. The smallest absolute Gasteiger partial charge is 0.462 e. The van der Waals surface area contributed by atoms with Gasteiger partial charge < -0.3 is 20.1 Å². The van der Waals surface area contributed by atoms with Crippen molar-refractivity contribution < 1.29 is 37.6 Å². The number of rotatable bonds is 58. The molecule has 0 aromatic rings. The zero-order chi connectivity index (χ0) is 52.4. The van der Waals surface area contributed by atoms with E-state index in [-0.39, 0.29) is 38.6 Å². The van der Waals surface area contributed by atoms with Crippen LogP contribution in [0.25, 0.3) is 0 Å². The van der Waals surface area contributed by atoms with E-state index in [1.807, 2.05) is 0 Å². The Morgan fingerprint density at radius 1 is 0.431 bits per heavy atom. The van der Waals surface area contributed by atoms with Crippen molar-refractivity contribution in [3.8, 4) is 0 Å². The highest BCUT2D eigenvalue weighted by Crippen LogP contribution is 2.43. The van der Waals surface area contributed by atoms with Crippen LogP contribution in [0.5, 0.6) is 0 Å². The largest absolute Gasteiger partial charge is 0.472 e. The molecule has 0 spiro atoms. The van der Waals surface area contributed by atoms with Gasteiger partial charge in [0.15, 0.2) is 6.10 Å². The number of carbonyl (C=O) groups is 2. The highest BCUT2D eigenvalue weighted by molar-refractivity contribution is 7.47. The Bertz CT molecular complexity index is 1320. The molecule has 0 fully saturated rings. The molecule has 2 atom stereocenters. The summed E-state index contributed by atoms with van der Waals surface area (Å²) in [4.78, 5) is 35.2. The molecule has 2 unspecified atom stereocenters. The molecule has 0 aliphatic heterocycles. The molecule has 0 saturated carbocycles. The van der Waals surface area contributed by atoms with Gasteiger partial charge in [0.1, 0.15) is 6.61 Å². The summed E-state index contributed by atoms with van der Waals surface area (Å²) < 4.78 is 33.1. The summed E-state index contributed by atoms with van der Waals surface area (Å²) in [6.45, 7) is 3.69. The van der Waals surface area contributed by atoms with E-state index >= 15 is 0 Å². The maximum absolute atomic E-state index is 12.7.